The summed E-state index contributed by atoms with van der Waals surface area (Å²) < 4.78 is 41.5. The minimum atomic E-state index is -3.76. The number of rotatable bonds is 5. The van der Waals surface area contributed by atoms with E-state index >= 15 is 0 Å². The lowest BCUT2D eigenvalue weighted by atomic mass is 9.83. The van der Waals surface area contributed by atoms with Crippen molar-refractivity contribution in [2.24, 2.45) is 5.41 Å². The molecule has 5 rings (SSSR count). The molecule has 1 saturated heterocycles. The monoisotopic (exact) mass is 481 g/mol. The Morgan fingerprint density at radius 3 is 2.73 bits per heavy atom. The fourth-order valence-corrected chi connectivity index (χ4v) is 4.65. The Hall–Kier alpha value is -2.85. The number of nitrogens with zero attached hydrogens (tertiary/aromatic N) is 2. The standard InChI is InChI=1S/C22H22ClF2N3O5/c1-20(12-31-14-8-16-15(7-13(14)20)32-22(24,25)33-16)19(30)27-17-3-2-4-18(26-17)28-6-5-21(9-23,10-28)11-29/h2-4,7-8,29H,5-6,9-12H2,1H3,(H,26,27,30). The van der Waals surface area contributed by atoms with E-state index in [9.17, 15) is 18.7 Å². The van der Waals surface area contributed by atoms with Crippen LogP contribution in [-0.4, -0.2) is 54.5 Å². The molecule has 33 heavy (non-hydrogen) atoms. The topological polar surface area (TPSA) is 93.2 Å². The summed E-state index contributed by atoms with van der Waals surface area (Å²) in [6.45, 7) is 2.93. The number of aliphatic hydroxyl groups excluding tert-OH is 1. The number of nitrogens with one attached hydrogen (secondary N) is 1. The van der Waals surface area contributed by atoms with E-state index in [2.05, 4.69) is 19.8 Å². The second kappa shape index (κ2) is 7.59. The molecule has 2 N–H and O–H groups in total. The molecule has 176 valence electrons. The molecule has 2 aromatic rings. The van der Waals surface area contributed by atoms with Crippen LogP contribution in [0.3, 0.4) is 0 Å². The fraction of sp³-hybridized carbons (Fsp3) is 0.455. The molecule has 11 heteroatoms. The van der Waals surface area contributed by atoms with Crippen LogP contribution in [0.15, 0.2) is 30.3 Å². The Morgan fingerprint density at radius 2 is 2.03 bits per heavy atom. The highest BCUT2D eigenvalue weighted by Gasteiger charge is 2.49. The van der Waals surface area contributed by atoms with Crippen LogP contribution >= 0.6 is 11.6 Å². The smallest absolute Gasteiger partial charge is 0.492 e. The number of aromatic nitrogens is 1. The molecule has 0 saturated carbocycles. The average Bonchev–Trinajstić information content (AvgIpc) is 3.45. The van der Waals surface area contributed by atoms with Gasteiger partial charge in [-0.2, -0.15) is 0 Å². The molecule has 3 aliphatic rings. The van der Waals surface area contributed by atoms with Gasteiger partial charge in [-0.3, -0.25) is 4.79 Å². The van der Waals surface area contributed by atoms with Crippen LogP contribution < -0.4 is 24.4 Å². The molecule has 0 bridgehead atoms. The van der Waals surface area contributed by atoms with Crippen LogP contribution in [-0.2, 0) is 10.2 Å². The number of fused-ring (bicyclic) bond motifs is 2. The molecule has 0 aliphatic carbocycles. The highest BCUT2D eigenvalue weighted by Crippen LogP contribution is 2.50. The van der Waals surface area contributed by atoms with Gasteiger partial charge in [-0.1, -0.05) is 6.07 Å². The van der Waals surface area contributed by atoms with Crippen molar-refractivity contribution in [3.8, 4) is 17.2 Å². The Bertz CT molecular complexity index is 1110. The highest BCUT2D eigenvalue weighted by atomic mass is 35.5. The summed E-state index contributed by atoms with van der Waals surface area (Å²) in [5.74, 6) is 0.942. The predicted octanol–water partition coefficient (Wildman–Crippen LogP) is 3.12. The minimum Gasteiger partial charge on any atom is -0.492 e. The van der Waals surface area contributed by atoms with E-state index in [1.807, 2.05) is 11.0 Å². The number of carbonyl (C=O) groups excluding carboxylic acids is 1. The Morgan fingerprint density at radius 1 is 1.27 bits per heavy atom. The summed E-state index contributed by atoms with van der Waals surface area (Å²) >= 11 is 6.06. The first-order chi connectivity index (χ1) is 15.7. The normalized spacial score (nSPS) is 26.8. The molecule has 2 atom stereocenters. The second-order valence-electron chi connectivity index (χ2n) is 8.88. The van der Waals surface area contributed by atoms with Gasteiger partial charge in [0, 0.05) is 36.0 Å². The zero-order valence-electron chi connectivity index (χ0n) is 17.7. The summed E-state index contributed by atoms with van der Waals surface area (Å²) in [7, 11) is 0. The SMILES string of the molecule is CC1(C(=O)Nc2cccc(N3CCC(CO)(CCl)C3)n2)COc2cc3c(cc21)OC(F)(F)O3. The van der Waals surface area contributed by atoms with Crippen molar-refractivity contribution in [1.29, 1.82) is 0 Å². The number of pyridine rings is 1. The number of aliphatic hydroxyl groups is 1. The third kappa shape index (κ3) is 3.71. The maximum atomic E-state index is 13.4. The zero-order chi connectivity index (χ0) is 23.4. The molecular weight excluding hydrogens is 460 g/mol. The van der Waals surface area contributed by atoms with Crippen molar-refractivity contribution in [2.75, 3.05) is 42.4 Å². The molecule has 3 aliphatic heterocycles. The lowest BCUT2D eigenvalue weighted by molar-refractivity contribution is -0.286. The Kier molecular flexibility index (Phi) is 5.06. The summed E-state index contributed by atoms with van der Waals surface area (Å²) in [5, 5.41) is 12.5. The number of amides is 1. The van der Waals surface area contributed by atoms with Crippen LogP contribution in [0.5, 0.6) is 17.2 Å². The largest absolute Gasteiger partial charge is 0.586 e. The summed E-state index contributed by atoms with van der Waals surface area (Å²) in [6.07, 6.45) is -3.01. The molecule has 2 unspecified atom stereocenters. The van der Waals surface area contributed by atoms with E-state index in [0.29, 0.717) is 36.2 Å². The predicted molar refractivity (Wildman–Crippen MR) is 115 cm³/mol. The molecule has 0 spiro atoms. The summed E-state index contributed by atoms with van der Waals surface area (Å²) in [5.41, 5.74) is -1.10. The van der Waals surface area contributed by atoms with Crippen molar-refractivity contribution < 1.29 is 32.9 Å². The maximum Gasteiger partial charge on any atom is 0.586 e. The van der Waals surface area contributed by atoms with Crippen LogP contribution in [0.25, 0.3) is 0 Å². The van der Waals surface area contributed by atoms with Gasteiger partial charge in [0.15, 0.2) is 11.5 Å². The Labute approximate surface area is 193 Å². The third-order valence-corrected chi connectivity index (χ3v) is 7.04. The van der Waals surface area contributed by atoms with Gasteiger partial charge in [0.2, 0.25) is 5.91 Å². The molecule has 1 amide bonds. The minimum absolute atomic E-state index is 0.00835. The van der Waals surface area contributed by atoms with Crippen LogP contribution in [0, 0.1) is 5.41 Å². The van der Waals surface area contributed by atoms with Crippen molar-refractivity contribution >= 4 is 29.1 Å². The molecular formula is C22H22ClF2N3O5. The lowest BCUT2D eigenvalue weighted by Crippen LogP contribution is -2.39. The number of alkyl halides is 3. The average molecular weight is 482 g/mol. The number of hydrogen-bond donors (Lipinski definition) is 2. The van der Waals surface area contributed by atoms with Gasteiger partial charge in [0.25, 0.3) is 0 Å². The molecule has 1 aromatic carbocycles. The van der Waals surface area contributed by atoms with Gasteiger partial charge in [0.05, 0.1) is 6.61 Å². The maximum absolute atomic E-state index is 13.4. The Balaban J connectivity index is 1.35. The number of ether oxygens (including phenoxy) is 3. The number of carbonyl (C=O) groups is 1. The van der Waals surface area contributed by atoms with Crippen LogP contribution in [0.2, 0.25) is 0 Å². The van der Waals surface area contributed by atoms with E-state index in [-0.39, 0.29) is 35.9 Å². The van der Waals surface area contributed by atoms with E-state index in [4.69, 9.17) is 16.3 Å². The van der Waals surface area contributed by atoms with Crippen molar-refractivity contribution in [1.82, 2.24) is 4.98 Å². The van der Waals surface area contributed by atoms with Gasteiger partial charge in [-0.05, 0) is 31.5 Å². The van der Waals surface area contributed by atoms with Crippen LogP contribution in [0.4, 0.5) is 20.4 Å². The van der Waals surface area contributed by atoms with E-state index < -0.39 is 17.6 Å². The molecule has 1 aromatic heterocycles. The van der Waals surface area contributed by atoms with Gasteiger partial charge >= 0.3 is 6.29 Å². The number of halogens is 3. The first-order valence-corrected chi connectivity index (χ1v) is 11.0. The van der Waals surface area contributed by atoms with Gasteiger partial charge in [-0.25, -0.2) is 4.98 Å². The molecule has 8 nitrogen and oxygen atoms in total. The highest BCUT2D eigenvalue weighted by molar-refractivity contribution is 6.18. The van der Waals surface area contributed by atoms with Gasteiger partial charge in [0.1, 0.15) is 29.4 Å². The van der Waals surface area contributed by atoms with Crippen molar-refractivity contribution in [3.63, 3.8) is 0 Å². The second-order valence-corrected chi connectivity index (χ2v) is 9.15. The van der Waals surface area contributed by atoms with Gasteiger partial charge < -0.3 is 29.5 Å². The zero-order valence-corrected chi connectivity index (χ0v) is 18.5. The molecule has 4 heterocycles. The quantitative estimate of drug-likeness (QED) is 0.634. The summed E-state index contributed by atoms with van der Waals surface area (Å²) in [6, 6.07) is 7.93. The fourth-order valence-electron chi connectivity index (χ4n) is 4.35. The van der Waals surface area contributed by atoms with E-state index in [1.165, 1.54) is 12.1 Å². The number of benzene rings is 1. The van der Waals surface area contributed by atoms with E-state index in [1.54, 1.807) is 19.1 Å². The summed E-state index contributed by atoms with van der Waals surface area (Å²) in [4.78, 5) is 19.8. The molecule has 0 radical (unpaired) electrons. The van der Waals surface area contributed by atoms with Crippen LogP contribution in [0.1, 0.15) is 18.9 Å². The van der Waals surface area contributed by atoms with Crippen molar-refractivity contribution in [2.45, 2.75) is 25.1 Å². The number of hydrogen-bond acceptors (Lipinski definition) is 7. The van der Waals surface area contributed by atoms with Gasteiger partial charge in [-0.15, -0.1) is 20.4 Å². The van der Waals surface area contributed by atoms with E-state index in [0.717, 1.165) is 6.42 Å². The van der Waals surface area contributed by atoms with Crippen molar-refractivity contribution in [3.05, 3.63) is 35.9 Å². The number of anilines is 2. The third-order valence-electron chi connectivity index (χ3n) is 6.47. The first kappa shape index (κ1) is 22.0. The molecule has 1 fully saturated rings. The first-order valence-electron chi connectivity index (χ1n) is 10.4. The lowest BCUT2D eigenvalue weighted by Gasteiger charge is -2.25.